The van der Waals surface area contributed by atoms with Gasteiger partial charge in [-0.3, -0.25) is 14.4 Å². The van der Waals surface area contributed by atoms with E-state index < -0.39 is 0 Å². The second-order valence-electron chi connectivity index (χ2n) is 5.42. The first-order valence-electron chi connectivity index (χ1n) is 7.28. The summed E-state index contributed by atoms with van der Waals surface area (Å²) in [7, 11) is 0. The van der Waals surface area contributed by atoms with E-state index in [0.717, 1.165) is 5.56 Å². The normalized spacial score (nSPS) is 10.2. The molecule has 2 rings (SSSR count). The second kappa shape index (κ2) is 7.27. The van der Waals surface area contributed by atoms with E-state index in [0.29, 0.717) is 27.5 Å². The minimum Gasteiger partial charge on any atom is -0.326 e. The van der Waals surface area contributed by atoms with Crippen molar-refractivity contribution in [3.8, 4) is 0 Å². The third-order valence-corrected chi connectivity index (χ3v) is 3.73. The molecule has 0 aliphatic rings. The van der Waals surface area contributed by atoms with E-state index in [9.17, 15) is 14.4 Å². The smallest absolute Gasteiger partial charge is 0.255 e. The number of carbonyl (C=O) groups excluding carboxylic acids is 3. The number of amides is 2. The SMILES string of the molecule is CC(=O)Nc1ccc(NC(=O)c2ccc(C)c(C(C)=O)c2)c(Cl)c1. The fourth-order valence-electron chi connectivity index (χ4n) is 2.23. The predicted octanol–water partition coefficient (Wildman–Crippen LogP) is 4.06. The molecule has 0 aromatic heterocycles. The topological polar surface area (TPSA) is 75.3 Å². The molecule has 2 amide bonds. The van der Waals surface area contributed by atoms with E-state index in [-0.39, 0.29) is 17.6 Å². The van der Waals surface area contributed by atoms with Gasteiger partial charge in [0, 0.05) is 23.7 Å². The second-order valence-corrected chi connectivity index (χ2v) is 5.82. The molecule has 0 heterocycles. The highest BCUT2D eigenvalue weighted by molar-refractivity contribution is 6.34. The quantitative estimate of drug-likeness (QED) is 0.821. The molecule has 5 nitrogen and oxygen atoms in total. The molecule has 0 bridgehead atoms. The molecule has 0 aliphatic heterocycles. The Hall–Kier alpha value is -2.66. The van der Waals surface area contributed by atoms with Gasteiger partial charge in [0.2, 0.25) is 5.91 Å². The predicted molar refractivity (Wildman–Crippen MR) is 94.9 cm³/mol. The van der Waals surface area contributed by atoms with E-state index in [4.69, 9.17) is 11.6 Å². The molecule has 0 saturated carbocycles. The molecule has 0 spiro atoms. The van der Waals surface area contributed by atoms with Crippen LogP contribution in [0.2, 0.25) is 5.02 Å². The Morgan fingerprint density at radius 2 is 1.67 bits per heavy atom. The highest BCUT2D eigenvalue weighted by Gasteiger charge is 2.12. The van der Waals surface area contributed by atoms with Crippen LogP contribution in [0.1, 0.15) is 40.1 Å². The van der Waals surface area contributed by atoms with Crippen LogP contribution in [-0.4, -0.2) is 17.6 Å². The molecule has 0 saturated heterocycles. The van der Waals surface area contributed by atoms with Crippen molar-refractivity contribution in [2.24, 2.45) is 0 Å². The minimum atomic E-state index is -0.369. The first-order chi connectivity index (χ1) is 11.3. The summed E-state index contributed by atoms with van der Waals surface area (Å²) < 4.78 is 0. The van der Waals surface area contributed by atoms with Gasteiger partial charge >= 0.3 is 0 Å². The Labute approximate surface area is 145 Å². The van der Waals surface area contributed by atoms with Gasteiger partial charge in [0.1, 0.15) is 0 Å². The molecule has 2 aromatic rings. The number of rotatable bonds is 4. The van der Waals surface area contributed by atoms with E-state index in [1.54, 1.807) is 36.4 Å². The van der Waals surface area contributed by atoms with Crippen molar-refractivity contribution >= 4 is 40.6 Å². The number of nitrogens with one attached hydrogen (secondary N) is 2. The first-order valence-corrected chi connectivity index (χ1v) is 7.66. The highest BCUT2D eigenvalue weighted by Crippen LogP contribution is 2.26. The van der Waals surface area contributed by atoms with Crippen LogP contribution in [0.5, 0.6) is 0 Å². The van der Waals surface area contributed by atoms with E-state index >= 15 is 0 Å². The fourth-order valence-corrected chi connectivity index (χ4v) is 2.46. The van der Waals surface area contributed by atoms with Gasteiger partial charge in [-0.05, 0) is 49.7 Å². The molecular weight excluding hydrogens is 328 g/mol. The van der Waals surface area contributed by atoms with Gasteiger partial charge in [-0.15, -0.1) is 0 Å². The number of ketones is 1. The van der Waals surface area contributed by atoms with Gasteiger partial charge in [0.05, 0.1) is 10.7 Å². The molecule has 0 atom stereocenters. The van der Waals surface area contributed by atoms with Crippen LogP contribution in [0.15, 0.2) is 36.4 Å². The van der Waals surface area contributed by atoms with Crippen molar-refractivity contribution in [3.63, 3.8) is 0 Å². The number of halogens is 1. The summed E-state index contributed by atoms with van der Waals surface area (Å²) in [5.41, 5.74) is 2.65. The molecule has 24 heavy (non-hydrogen) atoms. The minimum absolute atomic E-state index is 0.0974. The van der Waals surface area contributed by atoms with Gasteiger partial charge in [0.25, 0.3) is 5.91 Å². The van der Waals surface area contributed by atoms with Crippen LogP contribution in [0, 0.1) is 6.92 Å². The van der Waals surface area contributed by atoms with Gasteiger partial charge < -0.3 is 10.6 Å². The summed E-state index contributed by atoms with van der Waals surface area (Å²) in [5, 5.41) is 5.61. The van der Waals surface area contributed by atoms with E-state index in [2.05, 4.69) is 10.6 Å². The lowest BCUT2D eigenvalue weighted by molar-refractivity contribution is -0.114. The van der Waals surface area contributed by atoms with Gasteiger partial charge in [0.15, 0.2) is 5.78 Å². The lowest BCUT2D eigenvalue weighted by Gasteiger charge is -2.10. The number of aryl methyl sites for hydroxylation is 1. The number of carbonyl (C=O) groups is 3. The van der Waals surface area contributed by atoms with E-state index in [1.807, 2.05) is 6.92 Å². The van der Waals surface area contributed by atoms with Crippen LogP contribution in [-0.2, 0) is 4.79 Å². The van der Waals surface area contributed by atoms with Crippen molar-refractivity contribution in [2.75, 3.05) is 10.6 Å². The maximum absolute atomic E-state index is 12.4. The highest BCUT2D eigenvalue weighted by atomic mass is 35.5. The number of benzene rings is 2. The Kier molecular flexibility index (Phi) is 5.36. The Bertz CT molecular complexity index is 831. The maximum Gasteiger partial charge on any atom is 0.255 e. The van der Waals surface area contributed by atoms with Crippen molar-refractivity contribution in [3.05, 3.63) is 58.1 Å². The summed E-state index contributed by atoms with van der Waals surface area (Å²) >= 11 is 6.13. The largest absolute Gasteiger partial charge is 0.326 e. The molecule has 6 heteroatoms. The number of anilines is 2. The van der Waals surface area contributed by atoms with Crippen LogP contribution in [0.3, 0.4) is 0 Å². The maximum atomic E-state index is 12.4. The van der Waals surface area contributed by atoms with Crippen molar-refractivity contribution < 1.29 is 14.4 Å². The molecule has 0 unspecified atom stereocenters. The zero-order valence-electron chi connectivity index (χ0n) is 13.6. The lowest BCUT2D eigenvalue weighted by atomic mass is 10.0. The lowest BCUT2D eigenvalue weighted by Crippen LogP contribution is -2.13. The third-order valence-electron chi connectivity index (χ3n) is 3.42. The van der Waals surface area contributed by atoms with E-state index in [1.165, 1.54) is 13.8 Å². The zero-order chi connectivity index (χ0) is 17.9. The standard InChI is InChI=1S/C18H17ClN2O3/c1-10-4-5-13(8-15(10)11(2)22)18(24)21-17-7-6-14(9-16(17)19)20-12(3)23/h4-9H,1-3H3,(H,20,23)(H,21,24). The first kappa shape index (κ1) is 17.7. The Morgan fingerprint density at radius 3 is 2.25 bits per heavy atom. The summed E-state index contributed by atoms with van der Waals surface area (Å²) in [5.74, 6) is -0.675. The van der Waals surface area contributed by atoms with Gasteiger partial charge in [-0.1, -0.05) is 17.7 Å². The Morgan fingerprint density at radius 1 is 0.958 bits per heavy atom. The molecule has 124 valence electrons. The molecule has 0 aliphatic carbocycles. The summed E-state index contributed by atoms with van der Waals surface area (Å²) in [6.45, 7) is 4.67. The monoisotopic (exact) mass is 344 g/mol. The third kappa shape index (κ3) is 4.20. The molecule has 2 aromatic carbocycles. The van der Waals surface area contributed by atoms with Crippen molar-refractivity contribution in [1.82, 2.24) is 0 Å². The average Bonchev–Trinajstić information content (AvgIpc) is 2.49. The molecule has 2 N–H and O–H groups in total. The summed E-state index contributed by atoms with van der Waals surface area (Å²) in [6, 6.07) is 9.73. The number of hydrogen-bond acceptors (Lipinski definition) is 3. The number of Topliss-reactive ketones (excluding diaryl/α,β-unsaturated/α-hetero) is 1. The van der Waals surface area contributed by atoms with Crippen LogP contribution >= 0.6 is 11.6 Å². The van der Waals surface area contributed by atoms with Crippen LogP contribution in [0.4, 0.5) is 11.4 Å². The summed E-state index contributed by atoms with van der Waals surface area (Å²) in [4.78, 5) is 35.0. The van der Waals surface area contributed by atoms with Crippen molar-refractivity contribution in [2.45, 2.75) is 20.8 Å². The van der Waals surface area contributed by atoms with Crippen LogP contribution in [0.25, 0.3) is 0 Å². The molecule has 0 fully saturated rings. The number of hydrogen-bond donors (Lipinski definition) is 2. The zero-order valence-corrected chi connectivity index (χ0v) is 14.3. The fraction of sp³-hybridized carbons (Fsp3) is 0.167. The average molecular weight is 345 g/mol. The van der Waals surface area contributed by atoms with Gasteiger partial charge in [-0.2, -0.15) is 0 Å². The van der Waals surface area contributed by atoms with Crippen molar-refractivity contribution in [1.29, 1.82) is 0 Å². The molecular formula is C18H17ClN2O3. The molecule has 0 radical (unpaired) electrons. The van der Waals surface area contributed by atoms with Crippen LogP contribution < -0.4 is 10.6 Å². The Balaban J connectivity index is 2.22. The van der Waals surface area contributed by atoms with Gasteiger partial charge in [-0.25, -0.2) is 0 Å². The summed E-state index contributed by atoms with van der Waals surface area (Å²) in [6.07, 6.45) is 0.